The van der Waals surface area contributed by atoms with Gasteiger partial charge < -0.3 is 20.3 Å². The van der Waals surface area contributed by atoms with Crippen LogP contribution in [0.2, 0.25) is 5.02 Å². The number of nitrogens with one attached hydrogen (secondary N) is 2. The summed E-state index contributed by atoms with van der Waals surface area (Å²) >= 11 is 6.38. The van der Waals surface area contributed by atoms with Crippen LogP contribution in [-0.4, -0.2) is 39.4 Å². The fourth-order valence-electron chi connectivity index (χ4n) is 4.22. The van der Waals surface area contributed by atoms with Crippen molar-refractivity contribution in [1.29, 1.82) is 0 Å². The molecule has 2 aliphatic rings. The predicted molar refractivity (Wildman–Crippen MR) is 108 cm³/mol. The summed E-state index contributed by atoms with van der Waals surface area (Å²) in [6, 6.07) is 2.42. The Balaban J connectivity index is 1.61. The molecule has 3 N–H and O–H groups in total. The Morgan fingerprint density at radius 3 is 2.58 bits per heavy atom. The molecule has 1 fully saturated rings. The van der Waals surface area contributed by atoms with E-state index in [4.69, 9.17) is 11.6 Å². The van der Waals surface area contributed by atoms with Crippen molar-refractivity contribution < 1.29 is 28.3 Å². The zero-order valence-corrected chi connectivity index (χ0v) is 17.1. The maximum absolute atomic E-state index is 13.5. The van der Waals surface area contributed by atoms with E-state index in [0.29, 0.717) is 37.9 Å². The Morgan fingerprint density at radius 1 is 1.13 bits per heavy atom. The van der Waals surface area contributed by atoms with Gasteiger partial charge in [0.05, 0.1) is 22.7 Å². The number of Topliss-reactive ketones (excluding diaryl/α,β-unsaturated/α-hetero) is 1. The summed E-state index contributed by atoms with van der Waals surface area (Å²) in [6.07, 6.45) is 2.28. The Hall–Kier alpha value is -2.78. The summed E-state index contributed by atoms with van der Waals surface area (Å²) in [5.41, 5.74) is 0.469. The minimum Gasteiger partial charge on any atom is -0.391 e. The summed E-state index contributed by atoms with van der Waals surface area (Å²) in [4.78, 5) is 38.2. The normalized spacial score (nSPS) is 19.9. The highest BCUT2D eigenvalue weighted by Crippen LogP contribution is 2.34. The number of ketones is 1. The van der Waals surface area contributed by atoms with Crippen LogP contribution in [0, 0.1) is 11.6 Å². The number of carbonyl (C=O) groups is 3. The number of hydrogen-bond donors (Lipinski definition) is 3. The third-order valence-corrected chi connectivity index (χ3v) is 6.10. The topological polar surface area (TPSA) is 100 Å². The first-order valence-corrected chi connectivity index (χ1v) is 10.4. The third-order valence-electron chi connectivity index (χ3n) is 5.73. The smallest absolute Gasteiger partial charge is 0.294 e. The zero-order valence-electron chi connectivity index (χ0n) is 16.4. The minimum absolute atomic E-state index is 0.0266. The fraction of sp³-hybridized carbons (Fsp3) is 0.381. The first kappa shape index (κ1) is 21.5. The molecular formula is C21H20ClF2N3O4. The van der Waals surface area contributed by atoms with Gasteiger partial charge in [0.1, 0.15) is 5.69 Å². The molecule has 1 saturated carbocycles. The lowest BCUT2D eigenvalue weighted by atomic mass is 10.1. The second kappa shape index (κ2) is 8.39. The van der Waals surface area contributed by atoms with Crippen LogP contribution in [0.1, 0.15) is 52.2 Å². The number of aromatic nitrogens is 1. The van der Waals surface area contributed by atoms with Crippen LogP contribution in [0.4, 0.5) is 14.5 Å². The molecule has 31 heavy (non-hydrogen) atoms. The quantitative estimate of drug-likeness (QED) is 0.480. The maximum Gasteiger partial charge on any atom is 0.294 e. The van der Waals surface area contributed by atoms with Gasteiger partial charge in [-0.05, 0) is 44.2 Å². The number of aliphatic hydroxyl groups is 1. The van der Waals surface area contributed by atoms with Gasteiger partial charge >= 0.3 is 0 Å². The van der Waals surface area contributed by atoms with Gasteiger partial charge in [0, 0.05) is 24.0 Å². The number of rotatable bonds is 5. The van der Waals surface area contributed by atoms with Crippen LogP contribution in [0.3, 0.4) is 0 Å². The van der Waals surface area contributed by atoms with Crippen LogP contribution in [0.5, 0.6) is 0 Å². The molecule has 0 spiro atoms. The van der Waals surface area contributed by atoms with Crippen LogP contribution in [0.15, 0.2) is 18.2 Å². The molecular weight excluding hydrogens is 432 g/mol. The van der Waals surface area contributed by atoms with E-state index in [2.05, 4.69) is 10.6 Å². The van der Waals surface area contributed by atoms with Crippen LogP contribution < -0.4 is 10.6 Å². The van der Waals surface area contributed by atoms with Crippen LogP contribution in [0.25, 0.3) is 0 Å². The SMILES string of the molecule is O=C(NC1CCC[C@H]1O)C(=O)c1c(Cl)c(C(=O)Nc2ccc(F)c(F)c2)c2n1CCC2. The van der Waals surface area contributed by atoms with E-state index in [-0.39, 0.29) is 22.0 Å². The molecule has 10 heteroatoms. The summed E-state index contributed by atoms with van der Waals surface area (Å²) in [5, 5.41) is 14.7. The number of fused-ring (bicyclic) bond motifs is 1. The first-order chi connectivity index (χ1) is 14.8. The van der Waals surface area contributed by atoms with Crippen molar-refractivity contribution in [2.75, 3.05) is 5.32 Å². The predicted octanol–water partition coefficient (Wildman–Crippen LogP) is 2.83. The molecule has 7 nitrogen and oxygen atoms in total. The van der Waals surface area contributed by atoms with Gasteiger partial charge in [-0.3, -0.25) is 14.4 Å². The lowest BCUT2D eigenvalue weighted by Crippen LogP contribution is -2.43. The summed E-state index contributed by atoms with van der Waals surface area (Å²) in [6.45, 7) is 0.411. The molecule has 1 aromatic carbocycles. The highest BCUT2D eigenvalue weighted by Gasteiger charge is 2.36. The monoisotopic (exact) mass is 451 g/mol. The van der Waals surface area contributed by atoms with Crippen molar-refractivity contribution in [3.05, 3.63) is 51.8 Å². The third kappa shape index (κ3) is 3.95. The van der Waals surface area contributed by atoms with Crippen molar-refractivity contribution in [2.45, 2.75) is 50.8 Å². The molecule has 2 atom stereocenters. The molecule has 2 heterocycles. The van der Waals surface area contributed by atoms with Crippen molar-refractivity contribution in [1.82, 2.24) is 9.88 Å². The number of nitrogens with zero attached hydrogens (tertiary/aromatic N) is 1. The van der Waals surface area contributed by atoms with E-state index >= 15 is 0 Å². The van der Waals surface area contributed by atoms with Gasteiger partial charge in [0.15, 0.2) is 11.6 Å². The average molecular weight is 452 g/mol. The van der Waals surface area contributed by atoms with Gasteiger partial charge in [-0.15, -0.1) is 0 Å². The summed E-state index contributed by atoms with van der Waals surface area (Å²) < 4.78 is 28.1. The summed E-state index contributed by atoms with van der Waals surface area (Å²) in [7, 11) is 0. The molecule has 2 amide bonds. The van der Waals surface area contributed by atoms with Crippen LogP contribution >= 0.6 is 11.6 Å². The molecule has 0 bridgehead atoms. The molecule has 1 aliphatic heterocycles. The van der Waals surface area contributed by atoms with E-state index in [1.54, 1.807) is 4.57 Å². The molecule has 4 rings (SSSR count). The van der Waals surface area contributed by atoms with Crippen molar-refractivity contribution in [3.8, 4) is 0 Å². The molecule has 164 valence electrons. The van der Waals surface area contributed by atoms with Gasteiger partial charge in [-0.2, -0.15) is 0 Å². The largest absolute Gasteiger partial charge is 0.391 e. The molecule has 0 saturated heterocycles. The molecule has 0 radical (unpaired) electrons. The van der Waals surface area contributed by atoms with Gasteiger partial charge in [-0.25, -0.2) is 8.78 Å². The number of amides is 2. The second-order valence-electron chi connectivity index (χ2n) is 7.73. The number of aliphatic hydroxyl groups excluding tert-OH is 1. The van der Waals surface area contributed by atoms with E-state index in [0.717, 1.165) is 18.6 Å². The number of anilines is 1. The fourth-order valence-corrected chi connectivity index (χ4v) is 4.60. The van der Waals surface area contributed by atoms with Gasteiger partial charge in [-0.1, -0.05) is 11.6 Å². The zero-order chi connectivity index (χ0) is 22.3. The molecule has 2 aromatic rings. The number of benzene rings is 1. The second-order valence-corrected chi connectivity index (χ2v) is 8.11. The first-order valence-electron chi connectivity index (χ1n) is 9.98. The summed E-state index contributed by atoms with van der Waals surface area (Å²) in [5.74, 6) is -4.64. The average Bonchev–Trinajstić information content (AvgIpc) is 3.40. The Kier molecular flexibility index (Phi) is 5.81. The standard InChI is InChI=1S/C21H20ClF2N3O4/c22-17-16(20(30)25-10-6-7-11(23)12(24)9-10)14-4-2-8-27(14)18(17)19(29)21(31)26-13-3-1-5-15(13)28/h6-7,9,13,15,28H,1-5,8H2,(H,25,30)(H,26,31)/t13?,15-/m1/s1. The van der Waals surface area contributed by atoms with E-state index < -0.39 is 41.4 Å². The lowest BCUT2D eigenvalue weighted by molar-refractivity contribution is -0.118. The Morgan fingerprint density at radius 2 is 1.90 bits per heavy atom. The van der Waals surface area contributed by atoms with Gasteiger partial charge in [0.25, 0.3) is 17.6 Å². The van der Waals surface area contributed by atoms with E-state index in [9.17, 15) is 28.3 Å². The van der Waals surface area contributed by atoms with Crippen molar-refractivity contribution in [2.24, 2.45) is 0 Å². The lowest BCUT2D eigenvalue weighted by Gasteiger charge is -2.16. The van der Waals surface area contributed by atoms with Crippen LogP contribution in [-0.2, 0) is 17.8 Å². The number of hydrogen-bond acceptors (Lipinski definition) is 4. The van der Waals surface area contributed by atoms with Crippen molar-refractivity contribution >= 4 is 34.9 Å². The number of carbonyl (C=O) groups excluding carboxylic acids is 3. The number of halogens is 3. The van der Waals surface area contributed by atoms with Crippen molar-refractivity contribution in [3.63, 3.8) is 0 Å². The minimum atomic E-state index is -1.12. The highest BCUT2D eigenvalue weighted by atomic mass is 35.5. The van der Waals surface area contributed by atoms with Gasteiger partial charge in [0.2, 0.25) is 0 Å². The van der Waals surface area contributed by atoms with E-state index in [1.165, 1.54) is 6.07 Å². The Labute approximate surface area is 181 Å². The Bertz CT molecular complexity index is 1090. The van der Waals surface area contributed by atoms with E-state index in [1.807, 2.05) is 0 Å². The maximum atomic E-state index is 13.5. The molecule has 1 unspecified atom stereocenters. The molecule has 1 aliphatic carbocycles. The highest BCUT2D eigenvalue weighted by molar-refractivity contribution is 6.48. The molecule has 1 aromatic heterocycles.